The van der Waals surface area contributed by atoms with Crippen LogP contribution in [0.15, 0.2) is 35.4 Å². The highest BCUT2D eigenvalue weighted by Crippen LogP contribution is 2.38. The first-order valence-corrected chi connectivity index (χ1v) is 8.18. The van der Waals surface area contributed by atoms with E-state index in [4.69, 9.17) is 0 Å². The van der Waals surface area contributed by atoms with Crippen LogP contribution in [0.4, 0.5) is 0 Å². The maximum Gasteiger partial charge on any atom is 0.249 e. The standard InChI is InChI=1S/C18H23N3O2/c1-14(22)20-12-9-18(2,10-13-20)17(23)21-16(8-11-19-21)15-6-4-3-5-7-15/h3-7,11,16H,8-10,12-13H2,1-2H3. The molecule has 1 aromatic carbocycles. The molecule has 0 bridgehead atoms. The van der Waals surface area contributed by atoms with Gasteiger partial charge in [0.1, 0.15) is 0 Å². The smallest absolute Gasteiger partial charge is 0.249 e. The van der Waals surface area contributed by atoms with Crippen molar-refractivity contribution in [2.24, 2.45) is 10.5 Å². The molecule has 3 rings (SSSR count). The van der Waals surface area contributed by atoms with E-state index in [2.05, 4.69) is 5.10 Å². The number of amides is 2. The lowest BCUT2D eigenvalue weighted by molar-refractivity contribution is -0.148. The van der Waals surface area contributed by atoms with Crippen LogP contribution in [0.3, 0.4) is 0 Å². The van der Waals surface area contributed by atoms with Crippen LogP contribution in [0.2, 0.25) is 0 Å². The molecule has 1 saturated heterocycles. The number of carbonyl (C=O) groups is 2. The van der Waals surface area contributed by atoms with Gasteiger partial charge >= 0.3 is 0 Å². The zero-order valence-corrected chi connectivity index (χ0v) is 13.7. The predicted molar refractivity (Wildman–Crippen MR) is 88.7 cm³/mol. The van der Waals surface area contributed by atoms with Crippen LogP contribution in [0, 0.1) is 5.41 Å². The van der Waals surface area contributed by atoms with Gasteiger partial charge in [-0.15, -0.1) is 0 Å². The van der Waals surface area contributed by atoms with Crippen LogP contribution in [0.1, 0.15) is 44.7 Å². The first kappa shape index (κ1) is 15.7. The molecule has 122 valence electrons. The Labute approximate surface area is 137 Å². The predicted octanol–water partition coefficient (Wildman–Crippen LogP) is 2.59. The summed E-state index contributed by atoms with van der Waals surface area (Å²) in [4.78, 5) is 26.4. The number of likely N-dealkylation sites (tertiary alicyclic amines) is 1. The van der Waals surface area contributed by atoms with Crippen molar-refractivity contribution in [1.29, 1.82) is 0 Å². The van der Waals surface area contributed by atoms with Crippen LogP contribution in [0.5, 0.6) is 0 Å². The normalized spacial score (nSPS) is 23.1. The molecule has 2 aliphatic heterocycles. The average molecular weight is 313 g/mol. The summed E-state index contributed by atoms with van der Waals surface area (Å²) in [5.74, 6) is 0.157. The van der Waals surface area contributed by atoms with Gasteiger partial charge in [-0.05, 0) is 18.4 Å². The van der Waals surface area contributed by atoms with Crippen LogP contribution < -0.4 is 0 Å². The number of rotatable bonds is 2. The average Bonchev–Trinajstić information content (AvgIpc) is 3.04. The summed E-state index contributed by atoms with van der Waals surface area (Å²) in [6.45, 7) is 4.87. The molecule has 0 aliphatic carbocycles. The highest BCUT2D eigenvalue weighted by Gasteiger charge is 2.43. The Balaban J connectivity index is 1.74. The molecule has 2 amide bonds. The number of carbonyl (C=O) groups excluding carboxylic acids is 2. The van der Waals surface area contributed by atoms with E-state index in [-0.39, 0.29) is 17.9 Å². The summed E-state index contributed by atoms with van der Waals surface area (Å²) < 4.78 is 0. The van der Waals surface area contributed by atoms with Gasteiger partial charge in [0, 0.05) is 32.6 Å². The molecule has 1 fully saturated rings. The molecule has 2 aliphatic rings. The Bertz CT molecular complexity index is 618. The van der Waals surface area contributed by atoms with Crippen LogP contribution >= 0.6 is 0 Å². The monoisotopic (exact) mass is 313 g/mol. The number of piperidine rings is 1. The van der Waals surface area contributed by atoms with E-state index in [1.165, 1.54) is 0 Å². The quantitative estimate of drug-likeness (QED) is 0.842. The van der Waals surface area contributed by atoms with Crippen molar-refractivity contribution >= 4 is 18.0 Å². The second-order valence-electron chi connectivity index (χ2n) is 6.68. The van der Waals surface area contributed by atoms with Crippen molar-refractivity contribution in [3.05, 3.63) is 35.9 Å². The fourth-order valence-electron chi connectivity index (χ4n) is 3.37. The van der Waals surface area contributed by atoms with E-state index in [9.17, 15) is 9.59 Å². The molecular formula is C18H23N3O2. The third-order valence-corrected chi connectivity index (χ3v) is 5.05. The van der Waals surface area contributed by atoms with Gasteiger partial charge in [0.15, 0.2) is 0 Å². The Morgan fingerprint density at radius 3 is 2.43 bits per heavy atom. The van der Waals surface area contributed by atoms with E-state index in [1.807, 2.05) is 48.4 Å². The highest BCUT2D eigenvalue weighted by atomic mass is 16.2. The lowest BCUT2D eigenvalue weighted by Crippen LogP contribution is -2.48. The molecular weight excluding hydrogens is 290 g/mol. The van der Waals surface area contributed by atoms with Gasteiger partial charge in [-0.1, -0.05) is 37.3 Å². The molecule has 0 spiro atoms. The Hall–Kier alpha value is -2.17. The van der Waals surface area contributed by atoms with Gasteiger partial charge in [-0.2, -0.15) is 5.10 Å². The second kappa shape index (κ2) is 6.14. The molecule has 0 aromatic heterocycles. The molecule has 0 saturated carbocycles. The Morgan fingerprint density at radius 1 is 1.17 bits per heavy atom. The fraction of sp³-hybridized carbons (Fsp3) is 0.500. The maximum atomic E-state index is 13.1. The summed E-state index contributed by atoms with van der Waals surface area (Å²) in [5.41, 5.74) is 0.670. The van der Waals surface area contributed by atoms with E-state index in [1.54, 1.807) is 11.9 Å². The minimum Gasteiger partial charge on any atom is -0.343 e. The number of hydrogen-bond acceptors (Lipinski definition) is 3. The van der Waals surface area contributed by atoms with Crippen LogP contribution in [-0.2, 0) is 9.59 Å². The minimum absolute atomic E-state index is 0.00800. The van der Waals surface area contributed by atoms with Crippen LogP contribution in [0.25, 0.3) is 0 Å². The molecule has 5 nitrogen and oxygen atoms in total. The summed E-state index contributed by atoms with van der Waals surface area (Å²) in [6, 6.07) is 10.0. The molecule has 2 heterocycles. The maximum absolute atomic E-state index is 13.1. The summed E-state index contributed by atoms with van der Waals surface area (Å²) in [6.07, 6.45) is 3.97. The van der Waals surface area contributed by atoms with Gasteiger partial charge in [0.25, 0.3) is 0 Å². The number of hydrogen-bond donors (Lipinski definition) is 0. The Kier molecular flexibility index (Phi) is 4.20. The first-order valence-electron chi connectivity index (χ1n) is 8.18. The summed E-state index contributed by atoms with van der Waals surface area (Å²) >= 11 is 0. The van der Waals surface area contributed by atoms with Gasteiger partial charge in [-0.25, -0.2) is 5.01 Å². The van der Waals surface area contributed by atoms with E-state index < -0.39 is 5.41 Å². The topological polar surface area (TPSA) is 53.0 Å². The molecule has 1 unspecified atom stereocenters. The highest BCUT2D eigenvalue weighted by molar-refractivity contribution is 5.85. The van der Waals surface area contributed by atoms with Crippen molar-refractivity contribution < 1.29 is 9.59 Å². The number of benzene rings is 1. The van der Waals surface area contributed by atoms with Crippen molar-refractivity contribution in [3.63, 3.8) is 0 Å². The van der Waals surface area contributed by atoms with Crippen molar-refractivity contribution in [1.82, 2.24) is 9.91 Å². The van der Waals surface area contributed by atoms with Crippen LogP contribution in [-0.4, -0.2) is 41.0 Å². The van der Waals surface area contributed by atoms with Gasteiger partial charge in [-0.3, -0.25) is 9.59 Å². The fourth-order valence-corrected chi connectivity index (χ4v) is 3.37. The van der Waals surface area contributed by atoms with Crippen molar-refractivity contribution in [2.45, 2.75) is 39.2 Å². The zero-order chi connectivity index (χ0) is 16.4. The van der Waals surface area contributed by atoms with Gasteiger partial charge in [0.2, 0.25) is 11.8 Å². The zero-order valence-electron chi connectivity index (χ0n) is 13.7. The molecule has 23 heavy (non-hydrogen) atoms. The third kappa shape index (κ3) is 3.00. The molecule has 1 atom stereocenters. The number of hydrazone groups is 1. The lowest BCUT2D eigenvalue weighted by Gasteiger charge is -2.40. The van der Waals surface area contributed by atoms with Gasteiger partial charge in [0.05, 0.1) is 11.5 Å². The van der Waals surface area contributed by atoms with Gasteiger partial charge < -0.3 is 4.90 Å². The molecule has 1 aromatic rings. The van der Waals surface area contributed by atoms with E-state index in [0.29, 0.717) is 25.9 Å². The number of nitrogens with zero attached hydrogens (tertiary/aromatic N) is 3. The molecule has 0 radical (unpaired) electrons. The first-order chi connectivity index (χ1) is 11.0. The van der Waals surface area contributed by atoms with Crippen molar-refractivity contribution in [3.8, 4) is 0 Å². The second-order valence-corrected chi connectivity index (χ2v) is 6.68. The SMILES string of the molecule is CC(=O)N1CCC(C)(C(=O)N2N=CCC2c2ccccc2)CC1. The summed E-state index contributed by atoms with van der Waals surface area (Å²) in [7, 11) is 0. The van der Waals surface area contributed by atoms with Crippen molar-refractivity contribution in [2.75, 3.05) is 13.1 Å². The lowest BCUT2D eigenvalue weighted by atomic mass is 9.79. The third-order valence-electron chi connectivity index (χ3n) is 5.05. The molecule has 5 heteroatoms. The molecule has 0 N–H and O–H groups in total. The largest absolute Gasteiger partial charge is 0.343 e. The van der Waals surface area contributed by atoms with E-state index in [0.717, 1.165) is 12.0 Å². The Morgan fingerprint density at radius 2 is 1.83 bits per heavy atom. The minimum atomic E-state index is -0.444. The van der Waals surface area contributed by atoms with E-state index >= 15 is 0 Å². The summed E-state index contributed by atoms with van der Waals surface area (Å²) in [5, 5.41) is 6.00.